The largest absolute Gasteiger partial charge is 0.378 e. The normalized spacial score (nSPS) is 17.6. The fraction of sp³-hybridized carbons (Fsp3) is 0.267. The molecule has 1 atom stereocenters. The van der Waals surface area contributed by atoms with Crippen LogP contribution in [0.5, 0.6) is 0 Å². The lowest BCUT2D eigenvalue weighted by atomic mass is 9.91. The maximum absolute atomic E-state index is 13.2. The Kier molecular flexibility index (Phi) is 3.26. The molecule has 0 bridgehead atoms. The van der Waals surface area contributed by atoms with Gasteiger partial charge in [-0.1, -0.05) is 0 Å². The average Bonchev–Trinajstić information content (AvgIpc) is 2.37. The van der Waals surface area contributed by atoms with E-state index in [1.54, 1.807) is 6.07 Å². The minimum atomic E-state index is -0.606. The molecule has 1 aliphatic carbocycles. The molecule has 20 heavy (non-hydrogen) atoms. The Morgan fingerprint density at radius 2 is 1.90 bits per heavy atom. The first-order valence-electron chi connectivity index (χ1n) is 6.56. The van der Waals surface area contributed by atoms with Gasteiger partial charge < -0.3 is 10.3 Å². The van der Waals surface area contributed by atoms with E-state index in [2.05, 4.69) is 10.3 Å². The highest BCUT2D eigenvalue weighted by molar-refractivity contribution is 5.47. The summed E-state index contributed by atoms with van der Waals surface area (Å²) in [7, 11) is 0. The van der Waals surface area contributed by atoms with Gasteiger partial charge in [-0.2, -0.15) is 0 Å². The molecule has 0 fully saturated rings. The Hall–Kier alpha value is -2.17. The van der Waals surface area contributed by atoms with Crippen LogP contribution in [0, 0.1) is 11.6 Å². The number of hydrogen-bond donors (Lipinski definition) is 2. The van der Waals surface area contributed by atoms with Gasteiger partial charge in [0.05, 0.1) is 6.04 Å². The summed E-state index contributed by atoms with van der Waals surface area (Å²) in [4.78, 5) is 14.1. The molecule has 1 unspecified atom stereocenters. The van der Waals surface area contributed by atoms with Gasteiger partial charge in [-0.05, 0) is 43.0 Å². The van der Waals surface area contributed by atoms with E-state index in [1.165, 1.54) is 18.2 Å². The number of pyridine rings is 1. The molecule has 3 rings (SSSR count). The number of halogens is 2. The van der Waals surface area contributed by atoms with Crippen molar-refractivity contribution < 1.29 is 8.78 Å². The molecule has 0 amide bonds. The van der Waals surface area contributed by atoms with E-state index >= 15 is 0 Å². The van der Waals surface area contributed by atoms with Crippen LogP contribution in [0.1, 0.15) is 30.1 Å². The standard InChI is InChI=1S/C15H14F2N2O/c16-9-6-10(17)8-11(7-9)18-13-2-1-3-14-12(13)4-5-15(20)19-14/h4-8,13,18H,1-3H2,(H,19,20). The van der Waals surface area contributed by atoms with E-state index in [4.69, 9.17) is 0 Å². The van der Waals surface area contributed by atoms with Crippen LogP contribution >= 0.6 is 0 Å². The Labute approximate surface area is 114 Å². The van der Waals surface area contributed by atoms with Gasteiger partial charge in [0.15, 0.2) is 0 Å². The van der Waals surface area contributed by atoms with Gasteiger partial charge in [0, 0.05) is 23.5 Å². The van der Waals surface area contributed by atoms with Crippen LogP contribution in [0.3, 0.4) is 0 Å². The zero-order valence-corrected chi connectivity index (χ0v) is 10.7. The summed E-state index contributed by atoms with van der Waals surface area (Å²) in [6.45, 7) is 0. The summed E-state index contributed by atoms with van der Waals surface area (Å²) in [6.07, 6.45) is 2.60. The van der Waals surface area contributed by atoms with Crippen LogP contribution in [-0.4, -0.2) is 4.98 Å². The Bertz CT molecular complexity index is 676. The van der Waals surface area contributed by atoms with Crippen molar-refractivity contribution in [3.63, 3.8) is 0 Å². The zero-order valence-electron chi connectivity index (χ0n) is 10.7. The number of anilines is 1. The molecule has 104 valence electrons. The molecule has 1 aromatic carbocycles. The molecule has 1 aromatic heterocycles. The minimum Gasteiger partial charge on any atom is -0.378 e. The van der Waals surface area contributed by atoms with Crippen molar-refractivity contribution in [1.29, 1.82) is 0 Å². The van der Waals surface area contributed by atoms with E-state index in [0.29, 0.717) is 5.69 Å². The third-order valence-corrected chi connectivity index (χ3v) is 3.54. The van der Waals surface area contributed by atoms with Gasteiger partial charge in [-0.15, -0.1) is 0 Å². The van der Waals surface area contributed by atoms with Crippen LogP contribution in [-0.2, 0) is 6.42 Å². The first kappa shape index (κ1) is 12.8. The Balaban J connectivity index is 1.91. The monoisotopic (exact) mass is 276 g/mol. The first-order chi connectivity index (χ1) is 9.61. The summed E-state index contributed by atoms with van der Waals surface area (Å²) >= 11 is 0. The molecule has 0 spiro atoms. The van der Waals surface area contributed by atoms with Gasteiger partial charge in [-0.3, -0.25) is 4.79 Å². The molecule has 3 nitrogen and oxygen atoms in total. The van der Waals surface area contributed by atoms with E-state index in [1.807, 2.05) is 0 Å². The lowest BCUT2D eigenvalue weighted by Crippen LogP contribution is -2.21. The number of hydrogen-bond acceptors (Lipinski definition) is 2. The molecule has 1 heterocycles. The summed E-state index contributed by atoms with van der Waals surface area (Å²) in [5.74, 6) is -1.21. The molecular weight excluding hydrogens is 262 g/mol. The number of fused-ring (bicyclic) bond motifs is 1. The molecule has 5 heteroatoms. The number of aromatic nitrogens is 1. The number of H-pyrrole nitrogens is 1. The van der Waals surface area contributed by atoms with Crippen molar-refractivity contribution in [2.75, 3.05) is 5.32 Å². The quantitative estimate of drug-likeness (QED) is 0.885. The van der Waals surface area contributed by atoms with Crippen molar-refractivity contribution in [2.24, 2.45) is 0 Å². The SMILES string of the molecule is O=c1ccc2c([nH]1)CCCC2Nc1cc(F)cc(F)c1. The van der Waals surface area contributed by atoms with Crippen molar-refractivity contribution >= 4 is 5.69 Å². The van der Waals surface area contributed by atoms with E-state index in [9.17, 15) is 13.6 Å². The summed E-state index contributed by atoms with van der Waals surface area (Å²) in [5, 5.41) is 3.14. The third-order valence-electron chi connectivity index (χ3n) is 3.54. The number of rotatable bonds is 2. The van der Waals surface area contributed by atoms with Crippen LogP contribution in [0.15, 0.2) is 35.1 Å². The Morgan fingerprint density at radius 3 is 2.65 bits per heavy atom. The lowest BCUT2D eigenvalue weighted by molar-refractivity contribution is 0.574. The van der Waals surface area contributed by atoms with Crippen molar-refractivity contribution in [3.05, 3.63) is 63.6 Å². The molecule has 0 aliphatic heterocycles. The average molecular weight is 276 g/mol. The van der Waals surface area contributed by atoms with Crippen molar-refractivity contribution in [1.82, 2.24) is 4.98 Å². The summed E-state index contributed by atoms with van der Waals surface area (Å²) in [5.41, 5.74) is 2.17. The molecule has 0 radical (unpaired) electrons. The smallest absolute Gasteiger partial charge is 0.248 e. The van der Waals surface area contributed by atoms with E-state index < -0.39 is 11.6 Å². The minimum absolute atomic E-state index is 0.0446. The second-order valence-electron chi connectivity index (χ2n) is 5.00. The molecule has 0 saturated heterocycles. The first-order valence-corrected chi connectivity index (χ1v) is 6.56. The van der Waals surface area contributed by atoms with Gasteiger partial charge in [0.25, 0.3) is 0 Å². The number of nitrogens with one attached hydrogen (secondary N) is 2. The van der Waals surface area contributed by atoms with E-state index in [0.717, 1.165) is 36.6 Å². The maximum atomic E-state index is 13.2. The summed E-state index contributed by atoms with van der Waals surface area (Å²) < 4.78 is 26.4. The molecular formula is C15H14F2N2O. The maximum Gasteiger partial charge on any atom is 0.248 e. The van der Waals surface area contributed by atoms with Gasteiger partial charge >= 0.3 is 0 Å². The van der Waals surface area contributed by atoms with Crippen LogP contribution in [0.2, 0.25) is 0 Å². The highest BCUT2D eigenvalue weighted by Gasteiger charge is 2.20. The lowest BCUT2D eigenvalue weighted by Gasteiger charge is -2.26. The number of benzene rings is 1. The van der Waals surface area contributed by atoms with Crippen molar-refractivity contribution in [3.8, 4) is 0 Å². The molecule has 2 aromatic rings. The van der Waals surface area contributed by atoms with Crippen LogP contribution in [0.4, 0.5) is 14.5 Å². The van der Waals surface area contributed by atoms with Gasteiger partial charge in [0.2, 0.25) is 5.56 Å². The van der Waals surface area contributed by atoms with E-state index in [-0.39, 0.29) is 11.6 Å². The van der Waals surface area contributed by atoms with Crippen LogP contribution in [0.25, 0.3) is 0 Å². The topological polar surface area (TPSA) is 44.9 Å². The predicted octanol–water partition coefficient (Wildman–Crippen LogP) is 3.14. The van der Waals surface area contributed by atoms with Gasteiger partial charge in [0.1, 0.15) is 11.6 Å². The second kappa shape index (κ2) is 5.07. The highest BCUT2D eigenvalue weighted by Crippen LogP contribution is 2.31. The van der Waals surface area contributed by atoms with Gasteiger partial charge in [-0.25, -0.2) is 8.78 Å². The van der Waals surface area contributed by atoms with Crippen LogP contribution < -0.4 is 10.9 Å². The fourth-order valence-electron chi connectivity index (χ4n) is 2.69. The second-order valence-corrected chi connectivity index (χ2v) is 5.00. The zero-order chi connectivity index (χ0) is 14.1. The number of aryl methyl sites for hydroxylation is 1. The summed E-state index contributed by atoms with van der Waals surface area (Å²) in [6, 6.07) is 6.59. The third kappa shape index (κ3) is 2.57. The predicted molar refractivity (Wildman–Crippen MR) is 72.7 cm³/mol. The molecule has 0 saturated carbocycles. The van der Waals surface area contributed by atoms with Crippen molar-refractivity contribution in [2.45, 2.75) is 25.3 Å². The number of aromatic amines is 1. The molecule has 1 aliphatic rings. The fourth-order valence-corrected chi connectivity index (χ4v) is 2.69. The molecule has 2 N–H and O–H groups in total. The Morgan fingerprint density at radius 1 is 1.15 bits per heavy atom. The highest BCUT2D eigenvalue weighted by atomic mass is 19.1.